The Morgan fingerprint density at radius 2 is 0.657 bits per heavy atom. The molecule has 0 bridgehead atoms. The number of rotatable bonds is 7. The van der Waals surface area contributed by atoms with Gasteiger partial charge in [-0.05, 0) is 79.8 Å². The van der Waals surface area contributed by atoms with E-state index in [2.05, 4.69) is 162 Å². The predicted molar refractivity (Wildman–Crippen MR) is 275 cm³/mol. The second-order valence-corrected chi connectivity index (χ2v) is 16.9. The lowest BCUT2D eigenvalue weighted by atomic mass is 9.91. The van der Waals surface area contributed by atoms with E-state index in [-0.39, 0.29) is 0 Å². The van der Waals surface area contributed by atoms with Crippen molar-refractivity contribution < 1.29 is 0 Å². The van der Waals surface area contributed by atoms with Gasteiger partial charge in [0.05, 0.1) is 22.4 Å². The minimum Gasteiger partial charge on any atom is -0.278 e. The first-order chi connectivity index (χ1) is 33.2. The van der Waals surface area contributed by atoms with E-state index < -0.39 is 0 Å². The molecule has 67 heavy (non-hydrogen) atoms. The van der Waals surface area contributed by atoms with Gasteiger partial charge < -0.3 is 0 Å². The Hall–Kier alpha value is -9.13. The zero-order valence-corrected chi connectivity index (χ0v) is 36.1. The Morgan fingerprint density at radius 1 is 0.224 bits per heavy atom. The molecule has 0 atom stereocenters. The van der Waals surface area contributed by atoms with Crippen LogP contribution in [-0.2, 0) is 0 Å². The van der Waals surface area contributed by atoms with Crippen LogP contribution in [0.1, 0.15) is 0 Å². The van der Waals surface area contributed by atoms with Gasteiger partial charge in [0.25, 0.3) is 0 Å². The standard InChI is InChI=1S/C61H38N6/c1-5-18-39(19-6-1)54-38-55(40-20-7-2-8-21-40)63-61(62-54)67-56-31-16-15-30-49(56)53-36-51-48-33-32-44(35-50(48)46-28-13-14-29-47(46)52(51)37-57(53)67)43-26-17-27-45(34-43)60-65-58(41-22-9-3-10-23-41)64-59(66-60)42-24-11-4-12-25-42/h1-38H. The number of benzene rings is 10. The molecule has 0 unspecified atom stereocenters. The summed E-state index contributed by atoms with van der Waals surface area (Å²) < 4.78 is 2.25. The van der Waals surface area contributed by atoms with Gasteiger partial charge in [0.15, 0.2) is 17.5 Å². The molecule has 6 heteroatoms. The fourth-order valence-electron chi connectivity index (χ4n) is 9.63. The minimum absolute atomic E-state index is 0.628. The lowest BCUT2D eigenvalue weighted by molar-refractivity contribution is 0.996. The summed E-state index contributed by atoms with van der Waals surface area (Å²) in [5.41, 5.74) is 10.9. The smallest absolute Gasteiger partial charge is 0.235 e. The normalized spacial score (nSPS) is 11.6. The lowest BCUT2D eigenvalue weighted by Gasteiger charge is -2.14. The van der Waals surface area contributed by atoms with E-state index in [4.69, 9.17) is 24.9 Å². The van der Waals surface area contributed by atoms with Gasteiger partial charge in [-0.3, -0.25) is 4.57 Å². The minimum atomic E-state index is 0.628. The molecule has 0 spiro atoms. The average molecular weight is 855 g/mol. The van der Waals surface area contributed by atoms with E-state index in [0.717, 1.165) is 72.1 Å². The van der Waals surface area contributed by atoms with E-state index in [1.807, 2.05) is 72.8 Å². The van der Waals surface area contributed by atoms with Gasteiger partial charge in [0.1, 0.15) is 0 Å². The molecule has 0 amide bonds. The fraction of sp³-hybridized carbons (Fsp3) is 0. The van der Waals surface area contributed by atoms with Crippen LogP contribution in [0.25, 0.3) is 128 Å². The molecule has 0 aliphatic heterocycles. The van der Waals surface area contributed by atoms with E-state index in [1.54, 1.807) is 0 Å². The third kappa shape index (κ3) is 6.70. The highest BCUT2D eigenvalue weighted by Crippen LogP contribution is 2.42. The zero-order valence-electron chi connectivity index (χ0n) is 36.1. The van der Waals surface area contributed by atoms with Crippen LogP contribution in [-0.4, -0.2) is 29.5 Å². The average Bonchev–Trinajstić information content (AvgIpc) is 3.74. The Labute approximate surface area is 386 Å². The molecule has 13 rings (SSSR count). The molecule has 6 nitrogen and oxygen atoms in total. The van der Waals surface area contributed by atoms with Crippen LogP contribution >= 0.6 is 0 Å². The van der Waals surface area contributed by atoms with Gasteiger partial charge >= 0.3 is 0 Å². The van der Waals surface area contributed by atoms with Crippen LogP contribution in [0.3, 0.4) is 0 Å². The van der Waals surface area contributed by atoms with Crippen LogP contribution in [0, 0.1) is 0 Å². The Kier molecular flexibility index (Phi) is 9.06. The molecule has 312 valence electrons. The van der Waals surface area contributed by atoms with Crippen LogP contribution < -0.4 is 0 Å². The maximum absolute atomic E-state index is 5.31. The molecule has 0 radical (unpaired) electrons. The van der Waals surface area contributed by atoms with E-state index >= 15 is 0 Å². The van der Waals surface area contributed by atoms with Crippen LogP contribution in [0.15, 0.2) is 231 Å². The highest BCUT2D eigenvalue weighted by Gasteiger charge is 2.20. The zero-order chi connectivity index (χ0) is 44.3. The van der Waals surface area contributed by atoms with E-state index in [9.17, 15) is 0 Å². The summed E-state index contributed by atoms with van der Waals surface area (Å²) in [5.74, 6) is 2.54. The fourth-order valence-corrected chi connectivity index (χ4v) is 9.63. The van der Waals surface area contributed by atoms with Crippen molar-refractivity contribution in [3.05, 3.63) is 231 Å². The first-order valence-corrected chi connectivity index (χ1v) is 22.5. The van der Waals surface area contributed by atoms with Crippen molar-refractivity contribution in [2.24, 2.45) is 0 Å². The summed E-state index contributed by atoms with van der Waals surface area (Å²) in [6.45, 7) is 0. The third-order valence-electron chi connectivity index (χ3n) is 12.8. The van der Waals surface area contributed by atoms with Crippen LogP contribution in [0.4, 0.5) is 0 Å². The molecular formula is C61H38N6. The van der Waals surface area contributed by atoms with Gasteiger partial charge in [-0.1, -0.05) is 194 Å². The third-order valence-corrected chi connectivity index (χ3v) is 12.8. The highest BCUT2D eigenvalue weighted by atomic mass is 15.2. The SMILES string of the molecule is c1ccc(-c2cc(-c3ccccc3)nc(-n3c4ccccc4c4cc5c6ccc(-c7cccc(-c8nc(-c9ccccc9)nc(-c9ccccc9)n8)c7)cc6c6ccccc6c5cc43)n2)cc1. The Balaban J connectivity index is 0.989. The molecule has 0 aliphatic rings. The first kappa shape index (κ1) is 38.3. The number of aromatic nitrogens is 6. The molecule has 3 heterocycles. The summed E-state index contributed by atoms with van der Waals surface area (Å²) in [6, 6.07) is 80.6. The molecule has 3 aromatic heterocycles. The van der Waals surface area contributed by atoms with Crippen molar-refractivity contribution in [3.63, 3.8) is 0 Å². The second kappa shape index (κ2) is 15.8. The quantitative estimate of drug-likeness (QED) is 0.149. The maximum Gasteiger partial charge on any atom is 0.235 e. The second-order valence-electron chi connectivity index (χ2n) is 16.9. The largest absolute Gasteiger partial charge is 0.278 e. The molecule has 0 fully saturated rings. The molecular weight excluding hydrogens is 817 g/mol. The van der Waals surface area contributed by atoms with Crippen molar-refractivity contribution in [1.82, 2.24) is 29.5 Å². The topological polar surface area (TPSA) is 69.4 Å². The molecule has 0 aliphatic carbocycles. The molecule has 0 saturated heterocycles. The monoisotopic (exact) mass is 854 g/mol. The van der Waals surface area contributed by atoms with Crippen LogP contribution in [0.5, 0.6) is 0 Å². The summed E-state index contributed by atoms with van der Waals surface area (Å²) in [6.07, 6.45) is 0. The van der Waals surface area contributed by atoms with E-state index in [1.165, 1.54) is 32.3 Å². The highest BCUT2D eigenvalue weighted by molar-refractivity contribution is 6.29. The van der Waals surface area contributed by atoms with Gasteiger partial charge in [-0.15, -0.1) is 0 Å². The van der Waals surface area contributed by atoms with Gasteiger partial charge in [0, 0.05) is 38.6 Å². The molecule has 10 aromatic carbocycles. The van der Waals surface area contributed by atoms with Crippen molar-refractivity contribution in [3.8, 4) is 73.8 Å². The molecule has 0 N–H and O–H groups in total. The number of fused-ring (bicyclic) bond motifs is 9. The van der Waals surface area contributed by atoms with E-state index in [0.29, 0.717) is 23.4 Å². The van der Waals surface area contributed by atoms with Gasteiger partial charge in [-0.25, -0.2) is 24.9 Å². The van der Waals surface area contributed by atoms with Crippen molar-refractivity contribution in [2.75, 3.05) is 0 Å². The van der Waals surface area contributed by atoms with Crippen LogP contribution in [0.2, 0.25) is 0 Å². The summed E-state index contributed by atoms with van der Waals surface area (Å²) in [5, 5.41) is 9.43. The Bertz CT molecular complexity index is 3900. The predicted octanol–water partition coefficient (Wildman–Crippen LogP) is 15.2. The number of nitrogens with zero attached hydrogens (tertiary/aromatic N) is 6. The van der Waals surface area contributed by atoms with Crippen molar-refractivity contribution in [1.29, 1.82) is 0 Å². The Morgan fingerprint density at radius 3 is 1.25 bits per heavy atom. The van der Waals surface area contributed by atoms with Gasteiger partial charge in [-0.2, -0.15) is 0 Å². The maximum atomic E-state index is 5.31. The number of hydrogen-bond acceptors (Lipinski definition) is 5. The summed E-state index contributed by atoms with van der Waals surface area (Å²) in [4.78, 5) is 25.6. The number of para-hydroxylation sites is 1. The summed E-state index contributed by atoms with van der Waals surface area (Å²) in [7, 11) is 0. The van der Waals surface area contributed by atoms with Gasteiger partial charge in [0.2, 0.25) is 5.95 Å². The lowest BCUT2D eigenvalue weighted by Crippen LogP contribution is -2.04. The molecule has 13 aromatic rings. The van der Waals surface area contributed by atoms with Crippen molar-refractivity contribution >= 4 is 54.1 Å². The van der Waals surface area contributed by atoms with Crippen molar-refractivity contribution in [2.45, 2.75) is 0 Å². The molecule has 0 saturated carbocycles. The summed E-state index contributed by atoms with van der Waals surface area (Å²) >= 11 is 0. The number of hydrogen-bond donors (Lipinski definition) is 0. The first-order valence-electron chi connectivity index (χ1n) is 22.5.